The molecule has 1 aliphatic heterocycles. The van der Waals surface area contributed by atoms with Crippen molar-refractivity contribution < 1.29 is 9.53 Å². The fourth-order valence-electron chi connectivity index (χ4n) is 2.87. The molecule has 1 N–H and O–H groups in total. The maximum absolute atomic E-state index is 12.4. The van der Waals surface area contributed by atoms with Gasteiger partial charge in [-0.15, -0.1) is 0 Å². The predicted molar refractivity (Wildman–Crippen MR) is 88.3 cm³/mol. The van der Waals surface area contributed by atoms with Crippen LogP contribution in [0.5, 0.6) is 0 Å². The highest BCUT2D eigenvalue weighted by molar-refractivity contribution is 5.88. The average molecular weight is 330 g/mol. The zero-order chi connectivity index (χ0) is 16.8. The summed E-state index contributed by atoms with van der Waals surface area (Å²) in [6.07, 6.45) is 7.16. The number of carbonyl (C=O) groups excluding carboxylic acids is 1. The van der Waals surface area contributed by atoms with E-state index < -0.39 is 0 Å². The molecule has 8 nitrogen and oxygen atoms in total. The maximum atomic E-state index is 12.4. The van der Waals surface area contributed by atoms with E-state index in [1.54, 1.807) is 19.4 Å². The summed E-state index contributed by atoms with van der Waals surface area (Å²) in [5.74, 6) is 1.06. The predicted octanol–water partition coefficient (Wildman–Crippen LogP) is 1.76. The van der Waals surface area contributed by atoms with Crippen molar-refractivity contribution in [2.24, 2.45) is 5.92 Å². The van der Waals surface area contributed by atoms with Gasteiger partial charge in [-0.2, -0.15) is 5.10 Å². The van der Waals surface area contributed by atoms with E-state index in [0.29, 0.717) is 18.3 Å². The van der Waals surface area contributed by atoms with Gasteiger partial charge >= 0.3 is 6.03 Å². The van der Waals surface area contributed by atoms with E-state index in [1.165, 1.54) is 6.33 Å². The lowest BCUT2D eigenvalue weighted by atomic mass is 9.97. The number of nitrogens with one attached hydrogen (secondary N) is 1. The minimum Gasteiger partial charge on any atom is -0.378 e. The van der Waals surface area contributed by atoms with Gasteiger partial charge in [-0.25, -0.2) is 14.8 Å². The quantitative estimate of drug-likeness (QED) is 0.903. The second-order valence-electron chi connectivity index (χ2n) is 5.92. The molecule has 128 valence electrons. The first-order valence-corrected chi connectivity index (χ1v) is 8.08. The van der Waals surface area contributed by atoms with E-state index >= 15 is 0 Å². The van der Waals surface area contributed by atoms with E-state index in [-0.39, 0.29) is 6.03 Å². The van der Waals surface area contributed by atoms with Crippen molar-refractivity contribution in [1.82, 2.24) is 24.6 Å². The molecular formula is C16H22N6O2. The molecule has 0 atom stereocenters. The first-order valence-electron chi connectivity index (χ1n) is 8.08. The van der Waals surface area contributed by atoms with Crippen molar-refractivity contribution in [3.05, 3.63) is 36.5 Å². The molecule has 2 aromatic heterocycles. The zero-order valence-electron chi connectivity index (χ0n) is 13.8. The first-order chi connectivity index (χ1) is 11.7. The van der Waals surface area contributed by atoms with Gasteiger partial charge in [-0.1, -0.05) is 0 Å². The highest BCUT2D eigenvalue weighted by atomic mass is 16.5. The highest BCUT2D eigenvalue weighted by Gasteiger charge is 2.23. The fraction of sp³-hybridized carbons (Fsp3) is 0.500. The molecule has 1 saturated heterocycles. The van der Waals surface area contributed by atoms with Crippen LogP contribution in [-0.4, -0.2) is 50.9 Å². The Morgan fingerprint density at radius 2 is 2.21 bits per heavy atom. The van der Waals surface area contributed by atoms with Crippen molar-refractivity contribution in [3.8, 4) is 0 Å². The lowest BCUT2D eigenvalue weighted by molar-refractivity contribution is 0.175. The largest absolute Gasteiger partial charge is 0.378 e. The van der Waals surface area contributed by atoms with E-state index in [2.05, 4.69) is 20.4 Å². The molecule has 0 unspecified atom stereocenters. The van der Waals surface area contributed by atoms with Crippen LogP contribution in [0, 0.1) is 5.92 Å². The van der Waals surface area contributed by atoms with Crippen molar-refractivity contribution in [3.63, 3.8) is 0 Å². The maximum Gasteiger partial charge on any atom is 0.323 e. The van der Waals surface area contributed by atoms with Gasteiger partial charge in [0, 0.05) is 45.2 Å². The molecule has 0 saturated carbocycles. The van der Waals surface area contributed by atoms with Crippen molar-refractivity contribution in [2.45, 2.75) is 26.0 Å². The Kier molecular flexibility index (Phi) is 5.37. The number of hydrogen-bond acceptors (Lipinski definition) is 5. The fourth-order valence-corrected chi connectivity index (χ4v) is 2.87. The molecule has 3 rings (SSSR count). The topological polar surface area (TPSA) is 85.2 Å². The van der Waals surface area contributed by atoms with E-state index in [0.717, 1.165) is 38.2 Å². The summed E-state index contributed by atoms with van der Waals surface area (Å²) in [6, 6.07) is 3.54. The van der Waals surface area contributed by atoms with Crippen molar-refractivity contribution in [2.75, 3.05) is 25.5 Å². The molecule has 8 heteroatoms. The Balaban J connectivity index is 1.49. The van der Waals surface area contributed by atoms with Gasteiger partial charge in [-0.3, -0.25) is 10.00 Å². The van der Waals surface area contributed by atoms with Crippen LogP contribution < -0.4 is 5.32 Å². The van der Waals surface area contributed by atoms with Crippen LogP contribution in [0.25, 0.3) is 0 Å². The second-order valence-corrected chi connectivity index (χ2v) is 5.92. The molecule has 0 bridgehead atoms. The SMILES string of the molecule is COCc1cc(NC(=O)N2CCC(Cn3cccn3)CC2)ncn1. The van der Waals surface area contributed by atoms with Crippen LogP contribution in [0.1, 0.15) is 18.5 Å². The van der Waals surface area contributed by atoms with Gasteiger partial charge in [0.1, 0.15) is 12.1 Å². The number of hydrogen-bond donors (Lipinski definition) is 1. The number of aromatic nitrogens is 4. The monoisotopic (exact) mass is 330 g/mol. The summed E-state index contributed by atoms with van der Waals surface area (Å²) >= 11 is 0. The minimum absolute atomic E-state index is 0.116. The Hall–Kier alpha value is -2.48. The van der Waals surface area contributed by atoms with Gasteiger partial charge in [0.05, 0.1) is 12.3 Å². The van der Waals surface area contributed by atoms with E-state index in [1.807, 2.05) is 21.8 Å². The molecule has 0 radical (unpaired) electrons. The molecule has 0 aromatic carbocycles. The molecule has 3 heterocycles. The number of likely N-dealkylation sites (tertiary alicyclic amines) is 1. The molecule has 2 amide bonds. The lowest BCUT2D eigenvalue weighted by Gasteiger charge is -2.31. The minimum atomic E-state index is -0.116. The van der Waals surface area contributed by atoms with Crippen LogP contribution in [0.2, 0.25) is 0 Å². The number of urea groups is 1. The van der Waals surface area contributed by atoms with Crippen LogP contribution in [0.4, 0.5) is 10.6 Å². The van der Waals surface area contributed by atoms with Crippen LogP contribution in [0.3, 0.4) is 0 Å². The van der Waals surface area contributed by atoms with Crippen LogP contribution in [-0.2, 0) is 17.9 Å². The number of piperidine rings is 1. The molecular weight excluding hydrogens is 308 g/mol. The summed E-state index contributed by atoms with van der Waals surface area (Å²) < 4.78 is 7.00. The highest BCUT2D eigenvalue weighted by Crippen LogP contribution is 2.19. The van der Waals surface area contributed by atoms with Crippen molar-refractivity contribution >= 4 is 11.8 Å². The summed E-state index contributed by atoms with van der Waals surface area (Å²) in [7, 11) is 1.60. The number of amides is 2. The Morgan fingerprint density at radius 1 is 1.38 bits per heavy atom. The van der Waals surface area contributed by atoms with E-state index in [4.69, 9.17) is 4.74 Å². The zero-order valence-corrected chi connectivity index (χ0v) is 13.8. The number of carbonyl (C=O) groups is 1. The molecule has 0 spiro atoms. The number of nitrogens with zero attached hydrogens (tertiary/aromatic N) is 5. The lowest BCUT2D eigenvalue weighted by Crippen LogP contribution is -2.41. The summed E-state index contributed by atoms with van der Waals surface area (Å²) in [5, 5.41) is 7.08. The number of ether oxygens (including phenoxy) is 1. The third kappa shape index (κ3) is 4.29. The molecule has 1 aliphatic rings. The number of anilines is 1. The van der Waals surface area contributed by atoms with Gasteiger partial charge in [0.15, 0.2) is 0 Å². The van der Waals surface area contributed by atoms with E-state index in [9.17, 15) is 4.79 Å². The Labute approximate surface area is 140 Å². The normalized spacial score (nSPS) is 15.5. The standard InChI is InChI=1S/C16H22N6O2/c1-24-11-14-9-15(18-12-17-14)20-16(23)21-7-3-13(4-8-21)10-22-6-2-5-19-22/h2,5-6,9,12-13H,3-4,7-8,10-11H2,1H3,(H,17,18,20,23). The van der Waals surface area contributed by atoms with Gasteiger partial charge in [-0.05, 0) is 24.8 Å². The third-order valence-electron chi connectivity index (χ3n) is 4.16. The number of rotatable bonds is 5. The van der Waals surface area contributed by atoms with Crippen LogP contribution in [0.15, 0.2) is 30.9 Å². The average Bonchev–Trinajstić information content (AvgIpc) is 3.09. The molecule has 2 aromatic rings. The third-order valence-corrected chi connectivity index (χ3v) is 4.16. The Bertz CT molecular complexity index is 652. The Morgan fingerprint density at radius 3 is 2.92 bits per heavy atom. The second kappa shape index (κ2) is 7.87. The summed E-state index contributed by atoms with van der Waals surface area (Å²) in [6.45, 7) is 2.79. The molecule has 1 fully saturated rings. The first kappa shape index (κ1) is 16.4. The molecule has 24 heavy (non-hydrogen) atoms. The summed E-state index contributed by atoms with van der Waals surface area (Å²) in [4.78, 5) is 22.4. The number of methoxy groups -OCH3 is 1. The smallest absolute Gasteiger partial charge is 0.323 e. The summed E-state index contributed by atoms with van der Waals surface area (Å²) in [5.41, 5.74) is 0.737. The van der Waals surface area contributed by atoms with Crippen LogP contribution >= 0.6 is 0 Å². The molecule has 0 aliphatic carbocycles. The van der Waals surface area contributed by atoms with Crippen molar-refractivity contribution in [1.29, 1.82) is 0 Å². The van der Waals surface area contributed by atoms with Gasteiger partial charge in [0.25, 0.3) is 0 Å². The van der Waals surface area contributed by atoms with Gasteiger partial charge in [0.2, 0.25) is 0 Å². The van der Waals surface area contributed by atoms with Gasteiger partial charge < -0.3 is 9.64 Å².